The van der Waals surface area contributed by atoms with Crippen molar-refractivity contribution in [3.63, 3.8) is 0 Å². The first-order chi connectivity index (χ1) is 17.0. The van der Waals surface area contributed by atoms with E-state index in [1.165, 1.54) is 5.56 Å². The van der Waals surface area contributed by atoms with Crippen molar-refractivity contribution in [1.29, 1.82) is 0 Å². The van der Waals surface area contributed by atoms with Gasteiger partial charge in [0, 0.05) is 41.3 Å². The standard InChI is InChI=1S/C27H28ClN3O3S/c1-18-20(5-10-26(29-18)35-24-8-6-23(32)7-9-24)16-30-13-11-22(12-14-30)31-25(17-34-27(31)33)19-3-2-4-21(28)15-19/h2-10,15,22,25,32H,11-14,16-17H2,1H3. The number of nitrogens with zero attached hydrogens (tertiary/aromatic N) is 3. The summed E-state index contributed by atoms with van der Waals surface area (Å²) in [5.41, 5.74) is 3.27. The highest BCUT2D eigenvalue weighted by Crippen LogP contribution is 2.34. The average Bonchev–Trinajstić information content (AvgIpc) is 3.24. The van der Waals surface area contributed by atoms with Crippen LogP contribution in [0.3, 0.4) is 0 Å². The van der Waals surface area contributed by atoms with E-state index in [0.29, 0.717) is 11.6 Å². The lowest BCUT2D eigenvalue weighted by molar-refractivity contribution is 0.104. The van der Waals surface area contributed by atoms with E-state index in [-0.39, 0.29) is 23.9 Å². The third kappa shape index (κ3) is 5.58. The lowest BCUT2D eigenvalue weighted by Gasteiger charge is -2.38. The molecule has 2 saturated heterocycles. The highest BCUT2D eigenvalue weighted by molar-refractivity contribution is 7.99. The Labute approximate surface area is 214 Å². The van der Waals surface area contributed by atoms with Crippen molar-refractivity contribution >= 4 is 29.5 Å². The summed E-state index contributed by atoms with van der Waals surface area (Å²) in [4.78, 5) is 22.8. The molecule has 5 rings (SSSR count). The minimum absolute atomic E-state index is 0.0807. The Hall–Kier alpha value is -2.74. The van der Waals surface area contributed by atoms with E-state index in [4.69, 9.17) is 21.3 Å². The topological polar surface area (TPSA) is 65.9 Å². The predicted molar refractivity (Wildman–Crippen MR) is 137 cm³/mol. The molecule has 2 aromatic carbocycles. The molecule has 0 saturated carbocycles. The average molecular weight is 510 g/mol. The summed E-state index contributed by atoms with van der Waals surface area (Å²) in [6.07, 6.45) is 1.59. The van der Waals surface area contributed by atoms with Crippen LogP contribution in [0.25, 0.3) is 0 Å². The van der Waals surface area contributed by atoms with Crippen LogP contribution in [0.1, 0.15) is 35.7 Å². The predicted octanol–water partition coefficient (Wildman–Crippen LogP) is 6.06. The molecule has 182 valence electrons. The smallest absolute Gasteiger partial charge is 0.410 e. The number of piperidine rings is 1. The zero-order valence-electron chi connectivity index (χ0n) is 19.6. The van der Waals surface area contributed by atoms with E-state index in [2.05, 4.69) is 24.0 Å². The van der Waals surface area contributed by atoms with E-state index in [1.54, 1.807) is 23.9 Å². The van der Waals surface area contributed by atoms with E-state index >= 15 is 0 Å². The number of carbonyl (C=O) groups is 1. The summed E-state index contributed by atoms with van der Waals surface area (Å²) in [6.45, 7) is 5.11. The van der Waals surface area contributed by atoms with Crippen molar-refractivity contribution in [2.45, 2.75) is 48.3 Å². The van der Waals surface area contributed by atoms with Gasteiger partial charge >= 0.3 is 6.09 Å². The van der Waals surface area contributed by atoms with Crippen LogP contribution in [-0.2, 0) is 11.3 Å². The number of phenols is 1. The number of halogens is 1. The molecule has 0 aliphatic carbocycles. The largest absolute Gasteiger partial charge is 0.508 e. The fourth-order valence-corrected chi connectivity index (χ4v) is 5.86. The number of amides is 1. The molecule has 0 spiro atoms. The van der Waals surface area contributed by atoms with Crippen LogP contribution in [0.4, 0.5) is 4.79 Å². The maximum atomic E-state index is 12.6. The maximum absolute atomic E-state index is 12.6. The van der Waals surface area contributed by atoms with Crippen LogP contribution in [0.2, 0.25) is 5.02 Å². The second-order valence-corrected chi connectivity index (χ2v) is 10.6. The molecule has 1 N–H and O–H groups in total. The van der Waals surface area contributed by atoms with E-state index < -0.39 is 0 Å². The van der Waals surface area contributed by atoms with Crippen molar-refractivity contribution in [3.05, 3.63) is 82.5 Å². The van der Waals surface area contributed by atoms with Crippen molar-refractivity contribution in [1.82, 2.24) is 14.8 Å². The fraction of sp³-hybridized carbons (Fsp3) is 0.333. The molecule has 1 aromatic heterocycles. The lowest BCUT2D eigenvalue weighted by atomic mass is 9.98. The normalized spacial score (nSPS) is 19.2. The van der Waals surface area contributed by atoms with Crippen LogP contribution in [-0.4, -0.2) is 51.7 Å². The van der Waals surface area contributed by atoms with Crippen LogP contribution >= 0.6 is 23.4 Å². The summed E-state index contributed by atoms with van der Waals surface area (Å²) in [5.74, 6) is 0.263. The molecule has 1 amide bonds. The molecule has 0 radical (unpaired) electrons. The number of benzene rings is 2. The highest BCUT2D eigenvalue weighted by atomic mass is 35.5. The van der Waals surface area contributed by atoms with Crippen molar-refractivity contribution in [3.8, 4) is 5.75 Å². The lowest BCUT2D eigenvalue weighted by Crippen LogP contribution is -2.46. The first kappa shape index (κ1) is 24.0. The highest BCUT2D eigenvalue weighted by Gasteiger charge is 2.40. The molecule has 2 fully saturated rings. The molecule has 3 aromatic rings. The molecule has 8 heteroatoms. The molecule has 0 bridgehead atoms. The number of hydrogen-bond acceptors (Lipinski definition) is 6. The van der Waals surface area contributed by atoms with Gasteiger partial charge in [-0.25, -0.2) is 9.78 Å². The summed E-state index contributed by atoms with van der Waals surface area (Å²) in [5, 5.41) is 11.1. The summed E-state index contributed by atoms with van der Waals surface area (Å²) in [7, 11) is 0. The molecular formula is C27H28ClN3O3S. The maximum Gasteiger partial charge on any atom is 0.410 e. The van der Waals surface area contributed by atoms with Crippen molar-refractivity contribution in [2.75, 3.05) is 19.7 Å². The van der Waals surface area contributed by atoms with Crippen molar-refractivity contribution < 1.29 is 14.6 Å². The molecule has 6 nitrogen and oxygen atoms in total. The third-order valence-electron chi connectivity index (χ3n) is 6.72. The van der Waals surface area contributed by atoms with Gasteiger partial charge in [0.25, 0.3) is 0 Å². The Morgan fingerprint density at radius 3 is 2.60 bits per heavy atom. The Balaban J connectivity index is 1.19. The Morgan fingerprint density at radius 2 is 1.89 bits per heavy atom. The van der Waals surface area contributed by atoms with Gasteiger partial charge in [0.1, 0.15) is 17.4 Å². The Bertz CT molecular complexity index is 1200. The van der Waals surface area contributed by atoms with Gasteiger partial charge in [-0.05, 0) is 73.4 Å². The van der Waals surface area contributed by atoms with Crippen molar-refractivity contribution in [2.24, 2.45) is 0 Å². The number of hydrogen-bond donors (Lipinski definition) is 1. The molecule has 2 aliphatic rings. The van der Waals surface area contributed by atoms with Gasteiger partial charge in [0.05, 0.1) is 6.04 Å². The number of rotatable bonds is 6. The first-order valence-corrected chi connectivity index (χ1v) is 13.0. The van der Waals surface area contributed by atoms with Crippen LogP contribution in [0, 0.1) is 6.92 Å². The number of aryl methyl sites for hydroxylation is 1. The molecule has 35 heavy (non-hydrogen) atoms. The quantitative estimate of drug-likeness (QED) is 0.436. The molecular weight excluding hydrogens is 482 g/mol. The first-order valence-electron chi connectivity index (χ1n) is 11.8. The van der Waals surface area contributed by atoms with Gasteiger partial charge in [0.15, 0.2) is 0 Å². The number of cyclic esters (lactones) is 1. The van der Waals surface area contributed by atoms with Crippen LogP contribution in [0.5, 0.6) is 5.75 Å². The number of aromatic nitrogens is 1. The minimum atomic E-state index is -0.227. The molecule has 2 aliphatic heterocycles. The fourth-order valence-electron chi connectivity index (χ4n) is 4.83. The molecule has 1 unspecified atom stereocenters. The van der Waals surface area contributed by atoms with Gasteiger partial charge in [0.2, 0.25) is 0 Å². The second kappa shape index (κ2) is 10.5. The van der Waals surface area contributed by atoms with Gasteiger partial charge in [-0.3, -0.25) is 9.80 Å². The van der Waals surface area contributed by atoms with Gasteiger partial charge in [-0.1, -0.05) is 41.6 Å². The Kier molecular flexibility index (Phi) is 7.18. The van der Waals surface area contributed by atoms with Gasteiger partial charge in [-0.2, -0.15) is 0 Å². The molecule has 1 atom stereocenters. The van der Waals surface area contributed by atoms with Gasteiger partial charge < -0.3 is 9.84 Å². The number of likely N-dealkylation sites (tertiary alicyclic amines) is 1. The van der Waals surface area contributed by atoms with E-state index in [0.717, 1.165) is 53.7 Å². The number of ether oxygens (including phenoxy) is 1. The Morgan fingerprint density at radius 1 is 1.11 bits per heavy atom. The van der Waals surface area contributed by atoms with Gasteiger partial charge in [-0.15, -0.1) is 0 Å². The van der Waals surface area contributed by atoms with E-state index in [9.17, 15) is 9.90 Å². The van der Waals surface area contributed by atoms with Crippen LogP contribution in [0.15, 0.2) is 70.6 Å². The van der Waals surface area contributed by atoms with E-state index in [1.807, 2.05) is 41.3 Å². The zero-order valence-corrected chi connectivity index (χ0v) is 21.1. The summed E-state index contributed by atoms with van der Waals surface area (Å²) in [6, 6.07) is 19.2. The number of phenolic OH excluding ortho intramolecular Hbond substituents is 1. The number of pyridine rings is 1. The van der Waals surface area contributed by atoms with Crippen LogP contribution < -0.4 is 0 Å². The summed E-state index contributed by atoms with van der Waals surface area (Å²) >= 11 is 7.78. The third-order valence-corrected chi connectivity index (χ3v) is 7.90. The molecule has 3 heterocycles. The second-order valence-electron chi connectivity index (χ2n) is 9.05. The summed E-state index contributed by atoms with van der Waals surface area (Å²) < 4.78 is 5.43. The SMILES string of the molecule is Cc1nc(Sc2ccc(O)cc2)ccc1CN1CCC(N2C(=O)OCC2c2cccc(Cl)c2)CC1. The number of aromatic hydroxyl groups is 1. The zero-order chi connectivity index (χ0) is 24.4. The number of carbonyl (C=O) groups excluding carboxylic acids is 1. The monoisotopic (exact) mass is 509 g/mol. The minimum Gasteiger partial charge on any atom is -0.508 e.